The molecule has 0 unspecified atom stereocenters. The molecule has 0 radical (unpaired) electrons. The predicted molar refractivity (Wildman–Crippen MR) is 109 cm³/mol. The van der Waals surface area contributed by atoms with Crippen molar-refractivity contribution < 1.29 is 4.74 Å². The van der Waals surface area contributed by atoms with Crippen LogP contribution in [0.4, 0.5) is 11.6 Å². The monoisotopic (exact) mass is 383 g/mol. The first-order valence-electron chi connectivity index (χ1n) is 9.68. The molecule has 0 aliphatic carbocycles. The fraction of sp³-hybridized carbons (Fsp3) is 0.450. The van der Waals surface area contributed by atoms with E-state index < -0.39 is 0 Å². The first-order valence-corrected chi connectivity index (χ1v) is 9.68. The number of imidazole rings is 1. The van der Waals surface area contributed by atoms with E-state index in [-0.39, 0.29) is 11.2 Å². The largest absolute Gasteiger partial charge is 0.497 e. The highest BCUT2D eigenvalue weighted by atomic mass is 16.5. The van der Waals surface area contributed by atoms with Crippen LogP contribution in [-0.2, 0) is 20.1 Å². The zero-order chi connectivity index (χ0) is 19.8. The molecule has 0 N–H and O–H groups in total. The lowest BCUT2D eigenvalue weighted by atomic mass is 10.2. The lowest BCUT2D eigenvalue weighted by Gasteiger charge is -2.29. The maximum Gasteiger partial charge on any atom is 0.332 e. The number of ether oxygens (including phenoxy) is 1. The summed E-state index contributed by atoms with van der Waals surface area (Å²) in [4.78, 5) is 32.6. The molecular formula is C20H25N5O3. The number of unbranched alkanes of at least 4 members (excludes halogenated alkanes) is 1. The Kier molecular flexibility index (Phi) is 4.70. The van der Waals surface area contributed by atoms with Gasteiger partial charge < -0.3 is 14.2 Å². The number of hydrogen-bond donors (Lipinski definition) is 0. The summed E-state index contributed by atoms with van der Waals surface area (Å²) in [6.45, 7) is 3.98. The topological polar surface area (TPSA) is 74.3 Å². The molecule has 0 bridgehead atoms. The van der Waals surface area contributed by atoms with Gasteiger partial charge in [-0.3, -0.25) is 13.9 Å². The Morgan fingerprint density at radius 3 is 2.57 bits per heavy atom. The summed E-state index contributed by atoms with van der Waals surface area (Å²) in [6.07, 6.45) is 2.60. The number of nitrogens with zero attached hydrogens (tertiary/aromatic N) is 5. The normalized spacial score (nSPS) is 13.8. The van der Waals surface area contributed by atoms with Crippen LogP contribution >= 0.6 is 0 Å². The van der Waals surface area contributed by atoms with E-state index in [2.05, 4.69) is 4.90 Å². The SMILES string of the molecule is CCCCn1c(=O)c2c(nc3n2CCCN3c2ccc(OC)cc2)n(C)c1=O. The highest BCUT2D eigenvalue weighted by Crippen LogP contribution is 2.31. The molecule has 0 saturated heterocycles. The van der Waals surface area contributed by atoms with Crippen molar-refractivity contribution in [1.29, 1.82) is 0 Å². The summed E-state index contributed by atoms with van der Waals surface area (Å²) < 4.78 is 10.0. The average Bonchev–Trinajstić information content (AvgIpc) is 3.12. The quantitative estimate of drug-likeness (QED) is 0.676. The fourth-order valence-corrected chi connectivity index (χ4v) is 3.79. The van der Waals surface area contributed by atoms with Crippen molar-refractivity contribution in [3.05, 3.63) is 45.1 Å². The number of rotatable bonds is 5. The van der Waals surface area contributed by atoms with Crippen molar-refractivity contribution in [2.45, 2.75) is 39.3 Å². The van der Waals surface area contributed by atoms with Gasteiger partial charge >= 0.3 is 5.69 Å². The Bertz CT molecular complexity index is 1120. The van der Waals surface area contributed by atoms with Gasteiger partial charge in [0.25, 0.3) is 5.56 Å². The molecule has 1 aliphatic rings. The molecule has 28 heavy (non-hydrogen) atoms. The highest BCUT2D eigenvalue weighted by Gasteiger charge is 2.26. The summed E-state index contributed by atoms with van der Waals surface area (Å²) in [7, 11) is 3.32. The van der Waals surface area contributed by atoms with Gasteiger partial charge in [0.15, 0.2) is 11.2 Å². The van der Waals surface area contributed by atoms with Crippen molar-refractivity contribution >= 4 is 22.8 Å². The molecule has 0 atom stereocenters. The summed E-state index contributed by atoms with van der Waals surface area (Å²) >= 11 is 0. The van der Waals surface area contributed by atoms with Gasteiger partial charge in [0.05, 0.1) is 7.11 Å². The molecule has 4 rings (SSSR count). The number of methoxy groups -OCH3 is 1. The lowest BCUT2D eigenvalue weighted by molar-refractivity contribution is 0.415. The molecule has 1 aliphatic heterocycles. The van der Waals surface area contributed by atoms with Crippen LogP contribution in [0.1, 0.15) is 26.2 Å². The fourth-order valence-electron chi connectivity index (χ4n) is 3.79. The molecule has 8 nitrogen and oxygen atoms in total. The number of hydrogen-bond acceptors (Lipinski definition) is 5. The molecule has 0 spiro atoms. The number of benzene rings is 1. The Morgan fingerprint density at radius 2 is 1.89 bits per heavy atom. The Labute approximate surface area is 162 Å². The van der Waals surface area contributed by atoms with Crippen molar-refractivity contribution in [3.63, 3.8) is 0 Å². The van der Waals surface area contributed by atoms with E-state index in [0.29, 0.717) is 30.2 Å². The minimum absolute atomic E-state index is 0.248. The minimum Gasteiger partial charge on any atom is -0.497 e. The molecule has 1 aromatic carbocycles. The summed E-state index contributed by atoms with van der Waals surface area (Å²) in [5.41, 5.74) is 1.37. The Morgan fingerprint density at radius 1 is 1.14 bits per heavy atom. The zero-order valence-corrected chi connectivity index (χ0v) is 16.5. The van der Waals surface area contributed by atoms with E-state index in [9.17, 15) is 9.59 Å². The minimum atomic E-state index is -0.308. The molecule has 0 saturated carbocycles. The third-order valence-corrected chi connectivity index (χ3v) is 5.34. The summed E-state index contributed by atoms with van der Waals surface area (Å²) in [5.74, 6) is 1.49. The van der Waals surface area contributed by atoms with E-state index in [4.69, 9.17) is 9.72 Å². The summed E-state index contributed by atoms with van der Waals surface area (Å²) in [6, 6.07) is 7.77. The maximum atomic E-state index is 13.1. The van der Waals surface area contributed by atoms with Gasteiger partial charge in [0, 0.05) is 32.4 Å². The van der Waals surface area contributed by atoms with E-state index in [0.717, 1.165) is 37.2 Å². The van der Waals surface area contributed by atoms with Crippen LogP contribution < -0.4 is 20.9 Å². The number of aryl methyl sites for hydroxylation is 2. The van der Waals surface area contributed by atoms with Crippen molar-refractivity contribution in [3.8, 4) is 5.75 Å². The summed E-state index contributed by atoms with van der Waals surface area (Å²) in [5, 5.41) is 0. The van der Waals surface area contributed by atoms with Gasteiger partial charge in [-0.2, -0.15) is 4.98 Å². The lowest BCUT2D eigenvalue weighted by Crippen LogP contribution is -2.40. The molecule has 0 amide bonds. The Hall–Kier alpha value is -3.03. The van der Waals surface area contributed by atoms with E-state index >= 15 is 0 Å². The first-order chi connectivity index (χ1) is 13.6. The van der Waals surface area contributed by atoms with Gasteiger partial charge in [0.1, 0.15) is 5.75 Å². The van der Waals surface area contributed by atoms with Crippen LogP contribution in [0.3, 0.4) is 0 Å². The molecule has 3 aromatic rings. The van der Waals surface area contributed by atoms with Crippen molar-refractivity contribution in [2.24, 2.45) is 7.05 Å². The first kappa shape index (κ1) is 18.3. The second-order valence-corrected chi connectivity index (χ2v) is 7.09. The second-order valence-electron chi connectivity index (χ2n) is 7.09. The van der Waals surface area contributed by atoms with Crippen LogP contribution in [0.2, 0.25) is 0 Å². The standard InChI is InChI=1S/C20H25N5O3/c1-4-5-11-25-18(26)16-17(22(2)20(25)27)21-19-23(12-6-13-24(16)19)14-7-9-15(28-3)10-8-14/h7-10H,4-6,11-13H2,1-3H3. The highest BCUT2D eigenvalue weighted by molar-refractivity contribution is 5.77. The average molecular weight is 383 g/mol. The Balaban J connectivity index is 1.90. The molecule has 2 aromatic heterocycles. The van der Waals surface area contributed by atoms with Crippen LogP contribution in [0, 0.1) is 0 Å². The third kappa shape index (κ3) is 2.80. The maximum absolute atomic E-state index is 13.1. The van der Waals surface area contributed by atoms with Crippen molar-refractivity contribution in [1.82, 2.24) is 18.7 Å². The molecule has 148 valence electrons. The van der Waals surface area contributed by atoms with Crippen LogP contribution in [0.5, 0.6) is 5.75 Å². The molecular weight excluding hydrogens is 358 g/mol. The van der Waals surface area contributed by atoms with Crippen molar-refractivity contribution in [2.75, 3.05) is 18.6 Å². The number of aromatic nitrogens is 4. The molecule has 3 heterocycles. The predicted octanol–water partition coefficient (Wildman–Crippen LogP) is 2.25. The van der Waals surface area contributed by atoms with Crippen LogP contribution in [-0.4, -0.2) is 32.3 Å². The van der Waals surface area contributed by atoms with E-state index in [1.165, 1.54) is 9.13 Å². The van der Waals surface area contributed by atoms with Gasteiger partial charge in [-0.1, -0.05) is 13.3 Å². The van der Waals surface area contributed by atoms with Gasteiger partial charge in [-0.15, -0.1) is 0 Å². The zero-order valence-electron chi connectivity index (χ0n) is 16.5. The van der Waals surface area contributed by atoms with Crippen LogP contribution in [0.25, 0.3) is 11.2 Å². The smallest absolute Gasteiger partial charge is 0.332 e. The van der Waals surface area contributed by atoms with Gasteiger partial charge in [-0.25, -0.2) is 4.79 Å². The van der Waals surface area contributed by atoms with E-state index in [1.54, 1.807) is 14.2 Å². The second kappa shape index (κ2) is 7.18. The van der Waals surface area contributed by atoms with Gasteiger partial charge in [-0.05, 0) is 37.1 Å². The number of fused-ring (bicyclic) bond motifs is 3. The molecule has 8 heteroatoms. The number of anilines is 2. The van der Waals surface area contributed by atoms with E-state index in [1.807, 2.05) is 35.8 Å². The third-order valence-electron chi connectivity index (χ3n) is 5.34. The van der Waals surface area contributed by atoms with Gasteiger partial charge in [0.2, 0.25) is 5.95 Å². The van der Waals surface area contributed by atoms with Crippen LogP contribution in [0.15, 0.2) is 33.9 Å². The molecule has 0 fully saturated rings.